The van der Waals surface area contributed by atoms with Gasteiger partial charge >= 0.3 is 0 Å². The van der Waals surface area contributed by atoms with E-state index in [1.807, 2.05) is 19.1 Å². The third-order valence-corrected chi connectivity index (χ3v) is 4.38. The maximum Gasteiger partial charge on any atom is 0.0804 e. The monoisotopic (exact) mass is 296 g/mol. The summed E-state index contributed by atoms with van der Waals surface area (Å²) in [5.74, 6) is 0. The first-order chi connectivity index (χ1) is 9.56. The second-order valence-corrected chi connectivity index (χ2v) is 6.29. The molecule has 1 unspecified atom stereocenters. The minimum absolute atomic E-state index is 0.419. The minimum atomic E-state index is -0.419. The summed E-state index contributed by atoms with van der Waals surface area (Å²) in [5, 5.41) is 11.0. The first-order valence-electron chi connectivity index (χ1n) is 8.01. The van der Waals surface area contributed by atoms with E-state index in [-0.39, 0.29) is 0 Å². The second-order valence-electron chi connectivity index (χ2n) is 5.88. The fourth-order valence-corrected chi connectivity index (χ4v) is 2.85. The summed E-state index contributed by atoms with van der Waals surface area (Å²) < 4.78 is 0. The summed E-state index contributed by atoms with van der Waals surface area (Å²) in [6, 6.07) is 3.99. The zero-order chi connectivity index (χ0) is 15.0. The molecule has 0 aliphatic rings. The molecule has 0 saturated heterocycles. The normalized spacial score (nSPS) is 12.7. The van der Waals surface area contributed by atoms with Crippen LogP contribution in [0.1, 0.15) is 81.1 Å². The molecule has 20 heavy (non-hydrogen) atoms. The van der Waals surface area contributed by atoms with E-state index in [1.54, 1.807) is 0 Å². The summed E-state index contributed by atoms with van der Waals surface area (Å²) in [6.07, 6.45) is 9.29. The Kier molecular flexibility index (Phi) is 8.25. The quantitative estimate of drug-likeness (QED) is 0.543. The molecule has 0 aromatic heterocycles. The topological polar surface area (TPSA) is 20.2 Å². The van der Waals surface area contributed by atoms with Crippen LogP contribution < -0.4 is 0 Å². The van der Waals surface area contributed by atoms with Crippen molar-refractivity contribution in [1.82, 2.24) is 0 Å². The number of benzene rings is 1. The van der Waals surface area contributed by atoms with Crippen LogP contribution in [-0.4, -0.2) is 5.11 Å². The number of aliphatic hydroxyl groups excluding tert-OH is 1. The summed E-state index contributed by atoms with van der Waals surface area (Å²) in [4.78, 5) is 0. The summed E-state index contributed by atoms with van der Waals surface area (Å²) in [6.45, 7) is 6.35. The van der Waals surface area contributed by atoms with Gasteiger partial charge < -0.3 is 5.11 Å². The number of unbranched alkanes of at least 4 members (excludes halogenated alkanes) is 6. The average molecular weight is 297 g/mol. The van der Waals surface area contributed by atoms with Gasteiger partial charge in [0.2, 0.25) is 0 Å². The van der Waals surface area contributed by atoms with Gasteiger partial charge in [0.1, 0.15) is 0 Å². The Hall–Kier alpha value is -0.530. The second kappa shape index (κ2) is 9.41. The highest BCUT2D eigenvalue weighted by Crippen LogP contribution is 2.29. The lowest BCUT2D eigenvalue weighted by atomic mass is 9.98. The summed E-state index contributed by atoms with van der Waals surface area (Å²) in [7, 11) is 0. The smallest absolute Gasteiger partial charge is 0.0804 e. The Bertz CT molecular complexity index is 401. The molecule has 0 bridgehead atoms. The van der Waals surface area contributed by atoms with Crippen molar-refractivity contribution in [2.75, 3.05) is 0 Å². The molecule has 0 aliphatic heterocycles. The van der Waals surface area contributed by atoms with Gasteiger partial charge in [-0.15, -0.1) is 0 Å². The SMILES string of the molecule is CCCCCCCCCC(O)c1cc(C)c(C)cc1Cl. The van der Waals surface area contributed by atoms with Gasteiger partial charge in [0.25, 0.3) is 0 Å². The fraction of sp³-hybridized carbons (Fsp3) is 0.667. The van der Waals surface area contributed by atoms with Crippen molar-refractivity contribution >= 4 is 11.6 Å². The highest BCUT2D eigenvalue weighted by atomic mass is 35.5. The molecule has 0 spiro atoms. The average Bonchev–Trinajstić information content (AvgIpc) is 2.41. The van der Waals surface area contributed by atoms with Gasteiger partial charge in [-0.25, -0.2) is 0 Å². The highest BCUT2D eigenvalue weighted by molar-refractivity contribution is 6.31. The molecule has 1 rings (SSSR count). The van der Waals surface area contributed by atoms with Crippen molar-refractivity contribution in [2.24, 2.45) is 0 Å². The molecular formula is C18H29ClO. The number of rotatable bonds is 9. The Morgan fingerprint density at radius 1 is 0.950 bits per heavy atom. The van der Waals surface area contributed by atoms with E-state index >= 15 is 0 Å². The number of halogens is 1. The first-order valence-corrected chi connectivity index (χ1v) is 8.38. The van der Waals surface area contributed by atoms with E-state index in [0.29, 0.717) is 5.02 Å². The van der Waals surface area contributed by atoms with Crippen LogP contribution in [0, 0.1) is 13.8 Å². The Morgan fingerprint density at radius 2 is 1.50 bits per heavy atom. The maximum absolute atomic E-state index is 10.3. The molecule has 2 heteroatoms. The standard InChI is InChI=1S/C18H29ClO/c1-4-5-6-7-8-9-10-11-18(20)16-12-14(2)15(3)13-17(16)19/h12-13,18,20H,4-11H2,1-3H3. The fourth-order valence-electron chi connectivity index (χ4n) is 2.51. The van der Waals surface area contributed by atoms with E-state index in [0.717, 1.165) is 18.4 Å². The van der Waals surface area contributed by atoms with Crippen LogP contribution in [0.5, 0.6) is 0 Å². The lowest BCUT2D eigenvalue weighted by Gasteiger charge is -2.14. The highest BCUT2D eigenvalue weighted by Gasteiger charge is 2.12. The van der Waals surface area contributed by atoms with E-state index in [9.17, 15) is 5.11 Å². The van der Waals surface area contributed by atoms with Crippen LogP contribution in [-0.2, 0) is 0 Å². The lowest BCUT2D eigenvalue weighted by molar-refractivity contribution is 0.163. The van der Waals surface area contributed by atoms with Gasteiger partial charge in [-0.05, 0) is 43.0 Å². The van der Waals surface area contributed by atoms with Gasteiger partial charge in [-0.1, -0.05) is 69.5 Å². The molecule has 0 fully saturated rings. The molecule has 114 valence electrons. The van der Waals surface area contributed by atoms with E-state index in [2.05, 4.69) is 13.8 Å². The molecule has 1 aromatic carbocycles. The minimum Gasteiger partial charge on any atom is -0.388 e. The van der Waals surface area contributed by atoms with Gasteiger partial charge in [-0.3, -0.25) is 0 Å². The molecule has 1 N–H and O–H groups in total. The van der Waals surface area contributed by atoms with Gasteiger partial charge in [0.05, 0.1) is 6.10 Å². The van der Waals surface area contributed by atoms with Crippen LogP contribution in [0.15, 0.2) is 12.1 Å². The molecule has 1 nitrogen and oxygen atoms in total. The predicted molar refractivity (Wildman–Crippen MR) is 88.5 cm³/mol. The van der Waals surface area contributed by atoms with Gasteiger partial charge in [0, 0.05) is 5.02 Å². The van der Waals surface area contributed by atoms with Crippen LogP contribution in [0.2, 0.25) is 5.02 Å². The van der Waals surface area contributed by atoms with Crippen molar-refractivity contribution < 1.29 is 5.11 Å². The van der Waals surface area contributed by atoms with Crippen LogP contribution in [0.4, 0.5) is 0 Å². The van der Waals surface area contributed by atoms with Crippen molar-refractivity contribution in [3.8, 4) is 0 Å². The van der Waals surface area contributed by atoms with Crippen LogP contribution >= 0.6 is 11.6 Å². The Morgan fingerprint density at radius 3 is 2.15 bits per heavy atom. The number of aryl methyl sites for hydroxylation is 2. The number of hydrogen-bond donors (Lipinski definition) is 1. The molecule has 1 aromatic rings. The number of aliphatic hydroxyl groups is 1. The zero-order valence-electron chi connectivity index (χ0n) is 13.2. The summed E-state index contributed by atoms with van der Waals surface area (Å²) in [5.41, 5.74) is 3.27. The van der Waals surface area contributed by atoms with Crippen molar-refractivity contribution in [1.29, 1.82) is 0 Å². The van der Waals surface area contributed by atoms with Crippen LogP contribution in [0.3, 0.4) is 0 Å². The first kappa shape index (κ1) is 17.5. The lowest BCUT2D eigenvalue weighted by Crippen LogP contribution is -2.00. The molecule has 0 amide bonds. The Balaban J connectivity index is 2.32. The third-order valence-electron chi connectivity index (χ3n) is 4.05. The molecule has 1 atom stereocenters. The van der Waals surface area contributed by atoms with Gasteiger partial charge in [0.15, 0.2) is 0 Å². The number of hydrogen-bond acceptors (Lipinski definition) is 1. The van der Waals surface area contributed by atoms with E-state index in [1.165, 1.54) is 49.7 Å². The van der Waals surface area contributed by atoms with Crippen molar-refractivity contribution in [3.05, 3.63) is 33.8 Å². The van der Waals surface area contributed by atoms with E-state index in [4.69, 9.17) is 11.6 Å². The largest absolute Gasteiger partial charge is 0.388 e. The summed E-state index contributed by atoms with van der Waals surface area (Å²) >= 11 is 6.23. The van der Waals surface area contributed by atoms with Crippen molar-refractivity contribution in [3.63, 3.8) is 0 Å². The third kappa shape index (κ3) is 5.85. The van der Waals surface area contributed by atoms with E-state index < -0.39 is 6.10 Å². The molecule has 0 heterocycles. The zero-order valence-corrected chi connectivity index (χ0v) is 14.0. The predicted octanol–water partition coefficient (Wildman–Crippen LogP) is 6.13. The molecule has 0 radical (unpaired) electrons. The molecule has 0 saturated carbocycles. The Labute approximate surface area is 129 Å². The maximum atomic E-state index is 10.3. The van der Waals surface area contributed by atoms with Crippen molar-refractivity contribution in [2.45, 2.75) is 78.2 Å². The molecular weight excluding hydrogens is 268 g/mol. The van der Waals surface area contributed by atoms with Gasteiger partial charge in [-0.2, -0.15) is 0 Å². The molecule has 0 aliphatic carbocycles. The van der Waals surface area contributed by atoms with Crippen LogP contribution in [0.25, 0.3) is 0 Å².